The zero-order chi connectivity index (χ0) is 13.1. The molecule has 3 nitrogen and oxygen atoms in total. The molecule has 96 valence electrons. The summed E-state index contributed by atoms with van der Waals surface area (Å²) in [6, 6.07) is 0. The minimum absolute atomic E-state index is 0.586. The molecule has 0 spiro atoms. The fraction of sp³-hybridized carbons (Fsp3) is 0.538. The van der Waals surface area contributed by atoms with Crippen LogP contribution < -0.4 is 5.43 Å². The van der Waals surface area contributed by atoms with Crippen LogP contribution in [0, 0.1) is 6.42 Å². The van der Waals surface area contributed by atoms with Gasteiger partial charge in [-0.15, -0.1) is 0 Å². The third-order valence-corrected chi connectivity index (χ3v) is 3.33. The molecule has 0 unspecified atom stereocenters. The lowest BCUT2D eigenvalue weighted by Gasteiger charge is -2.10. The molecule has 0 aliphatic carbocycles. The molecule has 0 rings (SSSR count). The van der Waals surface area contributed by atoms with Crippen molar-refractivity contribution in [3.05, 3.63) is 30.7 Å². The van der Waals surface area contributed by atoms with Crippen LogP contribution >= 0.6 is 22.6 Å². The van der Waals surface area contributed by atoms with E-state index in [0.29, 0.717) is 3.92 Å². The molecule has 0 heterocycles. The van der Waals surface area contributed by atoms with Gasteiger partial charge in [-0.2, -0.15) is 0 Å². The van der Waals surface area contributed by atoms with Gasteiger partial charge in [0.1, 0.15) is 5.57 Å². The molecule has 0 aromatic heterocycles. The van der Waals surface area contributed by atoms with Gasteiger partial charge in [-0.05, 0) is 32.7 Å². The molecular formula is C13H23IN3+. The van der Waals surface area contributed by atoms with Crippen LogP contribution in [0.3, 0.4) is 0 Å². The van der Waals surface area contributed by atoms with Gasteiger partial charge in [0, 0.05) is 36.6 Å². The third-order valence-electron chi connectivity index (χ3n) is 2.31. The Kier molecular flexibility index (Phi) is 10.6. The predicted octanol–water partition coefficient (Wildman–Crippen LogP) is 2.65. The molecule has 0 aliphatic heterocycles. The number of hydrogen-bond acceptors (Lipinski definition) is 3. The highest BCUT2D eigenvalue weighted by Gasteiger charge is 2.03. The number of allylic oxidation sites excluding steroid dienone is 2. The van der Waals surface area contributed by atoms with Crippen LogP contribution in [0.15, 0.2) is 29.3 Å². The number of alkyl halides is 1. The van der Waals surface area contributed by atoms with Crippen LogP contribution in [0.2, 0.25) is 0 Å². The van der Waals surface area contributed by atoms with E-state index >= 15 is 0 Å². The number of hydrazine groups is 1. The first-order chi connectivity index (χ1) is 8.10. The van der Waals surface area contributed by atoms with Gasteiger partial charge < -0.3 is 0 Å². The number of rotatable bonds is 10. The average molecular weight is 348 g/mol. The van der Waals surface area contributed by atoms with Gasteiger partial charge in [0.2, 0.25) is 0 Å². The van der Waals surface area contributed by atoms with E-state index in [0.717, 1.165) is 31.5 Å². The van der Waals surface area contributed by atoms with Crippen molar-refractivity contribution in [3.8, 4) is 0 Å². The van der Waals surface area contributed by atoms with Crippen molar-refractivity contribution < 1.29 is 0 Å². The Morgan fingerprint density at radius 2 is 2.35 bits per heavy atom. The first-order valence-corrected chi connectivity index (χ1v) is 6.98. The molecule has 0 aromatic carbocycles. The fourth-order valence-corrected chi connectivity index (χ4v) is 1.79. The van der Waals surface area contributed by atoms with E-state index in [1.807, 2.05) is 19.1 Å². The molecule has 0 aromatic rings. The summed E-state index contributed by atoms with van der Waals surface area (Å²) >= 11 is 2.42. The predicted molar refractivity (Wildman–Crippen MR) is 85.7 cm³/mol. The zero-order valence-corrected chi connectivity index (χ0v) is 13.0. The van der Waals surface area contributed by atoms with Crippen molar-refractivity contribution in [2.45, 2.75) is 16.8 Å². The van der Waals surface area contributed by atoms with Crippen molar-refractivity contribution in [1.29, 1.82) is 0 Å². The quantitative estimate of drug-likeness (QED) is 0.164. The first kappa shape index (κ1) is 16.7. The number of halogens is 1. The summed E-state index contributed by atoms with van der Waals surface area (Å²) in [6.45, 7) is 9.19. The largest absolute Gasteiger partial charge is 0.300 e. The van der Waals surface area contributed by atoms with Gasteiger partial charge >= 0.3 is 0 Å². The number of hydrogen-bond donors (Lipinski definition) is 1. The maximum absolute atomic E-state index is 3.99. The highest BCUT2D eigenvalue weighted by molar-refractivity contribution is 14.1. The Morgan fingerprint density at radius 1 is 1.65 bits per heavy atom. The monoisotopic (exact) mass is 348 g/mol. The van der Waals surface area contributed by atoms with Crippen molar-refractivity contribution >= 4 is 29.3 Å². The topological polar surface area (TPSA) is 27.6 Å². The molecule has 0 radical (unpaired) electrons. The first-order valence-electron chi connectivity index (χ1n) is 5.73. The smallest absolute Gasteiger partial charge is 0.123 e. The van der Waals surface area contributed by atoms with Crippen LogP contribution in [0.5, 0.6) is 0 Å². The minimum atomic E-state index is 0.586. The van der Waals surface area contributed by atoms with E-state index in [-0.39, 0.29) is 0 Å². The maximum atomic E-state index is 3.99. The maximum Gasteiger partial charge on any atom is 0.123 e. The third kappa shape index (κ3) is 10.5. The highest BCUT2D eigenvalue weighted by atomic mass is 127. The summed E-state index contributed by atoms with van der Waals surface area (Å²) < 4.78 is 0.586. The molecule has 0 fully saturated rings. The van der Waals surface area contributed by atoms with Gasteiger partial charge in [0.25, 0.3) is 0 Å². The summed E-state index contributed by atoms with van der Waals surface area (Å²) in [7, 11) is 3.90. The summed E-state index contributed by atoms with van der Waals surface area (Å²) in [5, 5.41) is 2.00. The summed E-state index contributed by atoms with van der Waals surface area (Å²) in [5.74, 6) is 0. The lowest BCUT2D eigenvalue weighted by Crippen LogP contribution is -2.31. The Morgan fingerprint density at radius 3 is 2.94 bits per heavy atom. The zero-order valence-electron chi connectivity index (χ0n) is 10.8. The molecule has 17 heavy (non-hydrogen) atoms. The van der Waals surface area contributed by atoms with Gasteiger partial charge in [0.15, 0.2) is 0 Å². The van der Waals surface area contributed by atoms with Crippen molar-refractivity contribution in [2.75, 3.05) is 27.2 Å². The summed E-state index contributed by atoms with van der Waals surface area (Å²) in [6.07, 6.45) is 8.55. The Bertz CT molecular complexity index is 251. The standard InChI is InChI=1S/C13H23IN3/c1-12(9-10-17(4)16-3)7-5-6-8-13(14)11-15-2/h5,7,9,13,16H,1-2,6,8,10-11H2,3-4H3/q+1/b7-5+/t13-/m1/s1. The minimum Gasteiger partial charge on any atom is -0.300 e. The van der Waals surface area contributed by atoms with E-state index < -0.39 is 0 Å². The van der Waals surface area contributed by atoms with E-state index in [1.54, 1.807) is 0 Å². The van der Waals surface area contributed by atoms with Gasteiger partial charge in [-0.1, -0.05) is 22.6 Å². The average Bonchev–Trinajstić information content (AvgIpc) is 2.32. The van der Waals surface area contributed by atoms with Crippen LogP contribution in [0.1, 0.15) is 12.8 Å². The molecule has 4 heteroatoms. The second-order valence-corrected chi connectivity index (χ2v) is 5.63. The molecule has 0 amide bonds. The van der Waals surface area contributed by atoms with E-state index in [9.17, 15) is 0 Å². The molecule has 1 atom stereocenters. The molecule has 0 bridgehead atoms. The highest BCUT2D eigenvalue weighted by Crippen LogP contribution is 2.10. The van der Waals surface area contributed by atoms with Crippen LogP contribution in [-0.2, 0) is 0 Å². The van der Waals surface area contributed by atoms with E-state index in [2.05, 4.69) is 64.9 Å². The summed E-state index contributed by atoms with van der Waals surface area (Å²) in [5.41, 5.74) is 4.09. The van der Waals surface area contributed by atoms with E-state index in [1.165, 1.54) is 0 Å². The van der Waals surface area contributed by atoms with Gasteiger partial charge in [-0.25, -0.2) is 5.01 Å². The molecular weight excluding hydrogens is 325 g/mol. The fourth-order valence-electron chi connectivity index (χ4n) is 1.16. The van der Waals surface area contributed by atoms with Gasteiger partial charge in [0.05, 0.1) is 6.54 Å². The van der Waals surface area contributed by atoms with Crippen molar-refractivity contribution in [1.82, 2.24) is 10.4 Å². The van der Waals surface area contributed by atoms with Crippen LogP contribution in [-0.4, -0.2) is 42.8 Å². The van der Waals surface area contributed by atoms with Crippen molar-refractivity contribution in [3.63, 3.8) is 0 Å². The summed E-state index contributed by atoms with van der Waals surface area (Å²) in [4.78, 5) is 3.89. The normalized spacial score (nSPS) is 12.9. The number of aliphatic imine (C=N–C) groups is 1. The number of nitrogens with one attached hydrogen (secondary N) is 1. The molecule has 0 saturated heterocycles. The Balaban J connectivity index is 3.63. The van der Waals surface area contributed by atoms with Crippen molar-refractivity contribution in [2.24, 2.45) is 4.99 Å². The lowest BCUT2D eigenvalue weighted by atomic mass is 10.1. The van der Waals surface area contributed by atoms with Gasteiger partial charge in [-0.3, -0.25) is 10.4 Å². The van der Waals surface area contributed by atoms with E-state index in [4.69, 9.17) is 0 Å². The Labute approximate surface area is 119 Å². The lowest BCUT2D eigenvalue weighted by molar-refractivity contribution is 0.283. The number of nitrogens with zero attached hydrogens (tertiary/aromatic N) is 2. The second-order valence-electron chi connectivity index (χ2n) is 3.87. The Hall–Kier alpha value is -0.330. The molecule has 0 aliphatic rings. The molecule has 0 saturated carbocycles. The van der Waals surface area contributed by atoms with Crippen LogP contribution in [0.4, 0.5) is 0 Å². The second kappa shape index (κ2) is 10.8. The molecule has 1 N–H and O–H groups in total. The van der Waals surface area contributed by atoms with Crippen LogP contribution in [0.25, 0.3) is 0 Å². The SMILES string of the molecule is C=NC[C@H](I)CC/C=C/C(=C)[CH+]CN(C)NC.